The largest absolute Gasteiger partial charge is 0.507 e. The molecule has 2 N–H and O–H groups in total. The number of benzene rings is 2. The van der Waals surface area contributed by atoms with Gasteiger partial charge in [-0.15, -0.1) is 5.10 Å². The average Bonchev–Trinajstić information content (AvgIpc) is 2.96. The molecule has 140 valence electrons. The lowest BCUT2D eigenvalue weighted by molar-refractivity contribution is -0.137. The smallest absolute Gasteiger partial charge is 0.416 e. The summed E-state index contributed by atoms with van der Waals surface area (Å²) in [7, 11) is 0. The Kier molecular flexibility index (Phi) is 5.50. The van der Waals surface area contributed by atoms with Crippen LogP contribution < -0.4 is 5.32 Å². The molecule has 27 heavy (non-hydrogen) atoms. The highest BCUT2D eigenvalue weighted by atomic mass is 32.2. The van der Waals surface area contributed by atoms with Crippen molar-refractivity contribution in [3.8, 4) is 5.75 Å². The lowest BCUT2D eigenvalue weighted by atomic mass is 10.1. The Hall–Kier alpha value is -2.81. The van der Waals surface area contributed by atoms with Crippen molar-refractivity contribution in [1.82, 2.24) is 5.32 Å². The van der Waals surface area contributed by atoms with E-state index in [9.17, 15) is 23.1 Å². The van der Waals surface area contributed by atoms with E-state index in [1.807, 2.05) is 0 Å². The average molecular weight is 393 g/mol. The second-order valence-corrected chi connectivity index (χ2v) is 6.90. The van der Waals surface area contributed by atoms with Gasteiger partial charge in [0, 0.05) is 5.56 Å². The fraction of sp³-hybridized carbons (Fsp3) is 0.167. The number of rotatable bonds is 4. The number of amidine groups is 1. The van der Waals surface area contributed by atoms with E-state index in [1.54, 1.807) is 24.3 Å². The minimum Gasteiger partial charge on any atom is -0.507 e. The summed E-state index contributed by atoms with van der Waals surface area (Å²) in [6.07, 6.45) is -2.94. The minimum atomic E-state index is -4.43. The van der Waals surface area contributed by atoms with Gasteiger partial charge in [-0.3, -0.25) is 4.79 Å². The Bertz CT molecular complexity index is 913. The molecule has 3 rings (SSSR count). The molecule has 0 saturated carbocycles. The van der Waals surface area contributed by atoms with Crippen LogP contribution in [0.5, 0.6) is 5.75 Å². The van der Waals surface area contributed by atoms with Crippen LogP contribution >= 0.6 is 11.8 Å². The number of carbonyl (C=O) groups excluding carboxylic acids is 1. The molecule has 0 aromatic heterocycles. The first kappa shape index (κ1) is 19.0. The Morgan fingerprint density at radius 1 is 1.19 bits per heavy atom. The summed E-state index contributed by atoms with van der Waals surface area (Å²) in [5.41, 5.74) is 0.137. The van der Waals surface area contributed by atoms with E-state index in [0.29, 0.717) is 11.1 Å². The van der Waals surface area contributed by atoms with Gasteiger partial charge < -0.3 is 10.4 Å². The zero-order chi connectivity index (χ0) is 19.4. The number of nitrogens with one attached hydrogen (secondary N) is 1. The molecule has 1 fully saturated rings. The van der Waals surface area contributed by atoms with Crippen LogP contribution in [0.25, 0.3) is 0 Å². The van der Waals surface area contributed by atoms with E-state index >= 15 is 0 Å². The van der Waals surface area contributed by atoms with Gasteiger partial charge in [0.25, 0.3) is 0 Å². The zero-order valence-electron chi connectivity index (χ0n) is 13.8. The fourth-order valence-electron chi connectivity index (χ4n) is 2.42. The van der Waals surface area contributed by atoms with Crippen molar-refractivity contribution in [1.29, 1.82) is 0 Å². The molecule has 1 heterocycles. The van der Waals surface area contributed by atoms with Crippen LogP contribution in [0.15, 0.2) is 58.7 Å². The number of alkyl halides is 3. The molecule has 2 aromatic rings. The molecule has 1 aliphatic heterocycles. The molecular weight excluding hydrogens is 379 g/mol. The Labute approximate surface area is 157 Å². The van der Waals surface area contributed by atoms with Crippen molar-refractivity contribution in [2.75, 3.05) is 0 Å². The van der Waals surface area contributed by atoms with Crippen molar-refractivity contribution in [2.24, 2.45) is 10.2 Å². The van der Waals surface area contributed by atoms with Gasteiger partial charge in [0.1, 0.15) is 5.75 Å². The first-order valence-electron chi connectivity index (χ1n) is 7.85. The van der Waals surface area contributed by atoms with Gasteiger partial charge in [0.15, 0.2) is 5.17 Å². The lowest BCUT2D eigenvalue weighted by Gasteiger charge is -2.10. The van der Waals surface area contributed by atoms with E-state index in [2.05, 4.69) is 15.5 Å². The molecule has 9 heteroatoms. The van der Waals surface area contributed by atoms with Crippen LogP contribution in [0.1, 0.15) is 16.7 Å². The molecule has 0 aliphatic carbocycles. The van der Waals surface area contributed by atoms with Crippen LogP contribution in [-0.4, -0.2) is 27.6 Å². The summed E-state index contributed by atoms with van der Waals surface area (Å²) in [6.45, 7) is 0. The van der Waals surface area contributed by atoms with Crippen molar-refractivity contribution >= 4 is 29.1 Å². The number of phenolic OH excluding ortho intramolecular Hbond substituents is 1. The number of thioether (sulfide) groups is 1. The second kappa shape index (κ2) is 7.83. The summed E-state index contributed by atoms with van der Waals surface area (Å²) in [5.74, 6) is -0.291. The summed E-state index contributed by atoms with van der Waals surface area (Å²) < 4.78 is 38.4. The van der Waals surface area contributed by atoms with E-state index in [4.69, 9.17) is 0 Å². The Morgan fingerprint density at radius 2 is 1.96 bits per heavy atom. The number of aromatic hydroxyl groups is 1. The predicted octanol–water partition coefficient (Wildman–Crippen LogP) is 3.58. The molecule has 0 bridgehead atoms. The van der Waals surface area contributed by atoms with Crippen molar-refractivity contribution < 1.29 is 23.1 Å². The third-order valence-electron chi connectivity index (χ3n) is 3.73. The molecule has 0 radical (unpaired) electrons. The summed E-state index contributed by atoms with van der Waals surface area (Å²) in [6, 6.07) is 11.5. The van der Waals surface area contributed by atoms with Gasteiger partial charge in [-0.2, -0.15) is 18.3 Å². The van der Waals surface area contributed by atoms with E-state index in [-0.39, 0.29) is 23.2 Å². The van der Waals surface area contributed by atoms with Gasteiger partial charge >= 0.3 is 6.18 Å². The van der Waals surface area contributed by atoms with Gasteiger partial charge in [-0.05, 0) is 30.2 Å². The molecule has 5 nitrogen and oxygen atoms in total. The third kappa shape index (κ3) is 4.88. The number of carbonyl (C=O) groups is 1. The monoisotopic (exact) mass is 393 g/mol. The highest BCUT2D eigenvalue weighted by molar-refractivity contribution is 8.15. The second-order valence-electron chi connectivity index (χ2n) is 5.71. The molecule has 1 unspecified atom stereocenters. The van der Waals surface area contributed by atoms with E-state index < -0.39 is 17.0 Å². The lowest BCUT2D eigenvalue weighted by Crippen LogP contribution is -2.26. The zero-order valence-corrected chi connectivity index (χ0v) is 14.6. The molecule has 2 aromatic carbocycles. The van der Waals surface area contributed by atoms with Crippen LogP contribution in [0.3, 0.4) is 0 Å². The van der Waals surface area contributed by atoms with E-state index in [0.717, 1.165) is 23.9 Å². The molecule has 1 amide bonds. The van der Waals surface area contributed by atoms with Crippen LogP contribution in [-0.2, 0) is 17.4 Å². The van der Waals surface area contributed by atoms with Crippen molar-refractivity contribution in [3.63, 3.8) is 0 Å². The number of hydrogen-bond acceptors (Lipinski definition) is 5. The summed E-state index contributed by atoms with van der Waals surface area (Å²) in [4.78, 5) is 12.0. The topological polar surface area (TPSA) is 74.0 Å². The highest BCUT2D eigenvalue weighted by Gasteiger charge is 2.33. The minimum absolute atomic E-state index is 0.0481. The normalized spacial score (nSPS) is 19.0. The van der Waals surface area contributed by atoms with Crippen molar-refractivity contribution in [2.45, 2.75) is 17.8 Å². The number of hydrogen-bond donors (Lipinski definition) is 2. The number of amides is 1. The highest BCUT2D eigenvalue weighted by Crippen LogP contribution is 2.31. The number of halogens is 3. The van der Waals surface area contributed by atoms with Crippen LogP contribution in [0, 0.1) is 0 Å². The molecule has 1 atom stereocenters. The van der Waals surface area contributed by atoms with Gasteiger partial charge in [-0.1, -0.05) is 42.1 Å². The summed E-state index contributed by atoms with van der Waals surface area (Å²) >= 11 is 1.10. The summed E-state index contributed by atoms with van der Waals surface area (Å²) in [5, 5.41) is 19.6. The standard InChI is InChI=1S/C18H14F3N3O2S/c19-18(20,21)13-6-3-4-11(8-13)9-15-16(26)23-17(27-15)24-22-10-12-5-1-2-7-14(12)25/h1-8,10,15,25H,9H2,(H,23,24,26)/b22-10-. The van der Waals surface area contributed by atoms with Crippen molar-refractivity contribution in [3.05, 3.63) is 65.2 Å². The first-order chi connectivity index (χ1) is 12.8. The number of nitrogens with zero attached hydrogens (tertiary/aromatic N) is 2. The Morgan fingerprint density at radius 3 is 2.70 bits per heavy atom. The molecule has 1 aliphatic rings. The van der Waals surface area contributed by atoms with E-state index in [1.165, 1.54) is 18.3 Å². The number of para-hydroxylation sites is 1. The SMILES string of the molecule is O=C1N/C(=N/N=C\c2ccccc2O)SC1Cc1cccc(C(F)(F)F)c1. The first-order valence-corrected chi connectivity index (χ1v) is 8.73. The Balaban J connectivity index is 1.66. The maximum Gasteiger partial charge on any atom is 0.416 e. The van der Waals surface area contributed by atoms with Gasteiger partial charge in [-0.25, -0.2) is 0 Å². The van der Waals surface area contributed by atoms with Crippen LogP contribution in [0.2, 0.25) is 0 Å². The number of phenols is 1. The van der Waals surface area contributed by atoms with Gasteiger partial charge in [0.05, 0.1) is 17.0 Å². The molecular formula is C18H14F3N3O2S. The van der Waals surface area contributed by atoms with Crippen LogP contribution in [0.4, 0.5) is 13.2 Å². The fourth-order valence-corrected chi connectivity index (χ4v) is 3.38. The maximum absolute atomic E-state index is 12.8. The maximum atomic E-state index is 12.8. The third-order valence-corrected chi connectivity index (χ3v) is 4.81. The molecule has 0 spiro atoms. The van der Waals surface area contributed by atoms with Gasteiger partial charge in [0.2, 0.25) is 5.91 Å². The quantitative estimate of drug-likeness (QED) is 0.616. The molecule has 1 saturated heterocycles. The predicted molar refractivity (Wildman–Crippen MR) is 97.8 cm³/mol.